The van der Waals surface area contributed by atoms with Crippen LogP contribution >= 0.6 is 0 Å². The summed E-state index contributed by atoms with van der Waals surface area (Å²) in [7, 11) is 0. The molecule has 7 heavy (non-hydrogen) atoms. The van der Waals surface area contributed by atoms with Crippen LogP contribution < -0.4 is 0 Å². The maximum atomic E-state index is 2.29. The molecule has 0 atom stereocenters. The van der Waals surface area contributed by atoms with Gasteiger partial charge >= 0.3 is 50.6 Å². The quantitative estimate of drug-likeness (QED) is 0.448. The molecule has 38 valence electrons. The fraction of sp³-hybridized carbons (Fsp3) is 0.833. The summed E-state index contributed by atoms with van der Waals surface area (Å²) in [5, 5.41) is 1.54. The number of rotatable bonds is 1. The van der Waals surface area contributed by atoms with Crippen molar-refractivity contribution in [2.24, 2.45) is 0 Å². The Morgan fingerprint density at radius 1 is 1.71 bits per heavy atom. The third kappa shape index (κ3) is 1.40. The number of hydrogen-bond donors (Lipinski definition) is 0. The molecule has 0 radical (unpaired) electrons. The van der Waals surface area contributed by atoms with Gasteiger partial charge < -0.3 is 0 Å². The van der Waals surface area contributed by atoms with Crippen molar-refractivity contribution >= 4 is 19.2 Å². The van der Waals surface area contributed by atoms with E-state index in [0.717, 1.165) is 14.8 Å². The Balaban J connectivity index is 2.36. The fourth-order valence-corrected chi connectivity index (χ4v) is 2.57. The molecule has 0 aliphatic carbocycles. The van der Waals surface area contributed by atoms with Gasteiger partial charge in [0.25, 0.3) is 0 Å². The van der Waals surface area contributed by atoms with Gasteiger partial charge in [-0.15, -0.1) is 0 Å². The van der Waals surface area contributed by atoms with Crippen molar-refractivity contribution in [2.75, 3.05) is 0 Å². The van der Waals surface area contributed by atoms with Gasteiger partial charge in [0.1, 0.15) is 0 Å². The van der Waals surface area contributed by atoms with Gasteiger partial charge in [-0.3, -0.25) is 0 Å². The summed E-state index contributed by atoms with van der Waals surface area (Å²) in [5.41, 5.74) is 0. The molecule has 0 spiro atoms. The molecular formula is C6H11Al. The molecule has 0 bridgehead atoms. The minimum absolute atomic E-state index is 0.795. The first kappa shape index (κ1) is 5.54. The average Bonchev–Trinajstić information content (AvgIpc) is 2.14. The van der Waals surface area contributed by atoms with E-state index in [1.165, 1.54) is 19.3 Å². The summed E-state index contributed by atoms with van der Waals surface area (Å²) in [5.74, 6) is 0. The van der Waals surface area contributed by atoms with E-state index in [-0.39, 0.29) is 0 Å². The van der Waals surface area contributed by atoms with Gasteiger partial charge in [-0.2, -0.15) is 0 Å². The Morgan fingerprint density at radius 2 is 2.57 bits per heavy atom. The first-order valence-corrected chi connectivity index (χ1v) is 4.50. The second-order valence-electron chi connectivity index (χ2n) is 2.11. The fourth-order valence-electron chi connectivity index (χ4n) is 1.06. The van der Waals surface area contributed by atoms with Gasteiger partial charge in [0, 0.05) is 0 Å². The average molecular weight is 110 g/mol. The Kier molecular flexibility index (Phi) is 2.09. The van der Waals surface area contributed by atoms with Crippen LogP contribution in [0.25, 0.3) is 0 Å². The molecule has 1 aliphatic rings. The van der Waals surface area contributed by atoms with Gasteiger partial charge in [-0.05, 0) is 0 Å². The molecule has 0 amide bonds. The van der Waals surface area contributed by atoms with E-state index in [4.69, 9.17) is 0 Å². The van der Waals surface area contributed by atoms with Crippen molar-refractivity contribution in [1.82, 2.24) is 0 Å². The second-order valence-corrected chi connectivity index (χ2v) is 3.91. The van der Waals surface area contributed by atoms with Crippen LogP contribution in [0.5, 0.6) is 0 Å². The van der Waals surface area contributed by atoms with Gasteiger partial charge in [0.05, 0.1) is 0 Å². The van der Waals surface area contributed by atoms with E-state index in [0.29, 0.717) is 0 Å². The molecule has 0 aromatic rings. The monoisotopic (exact) mass is 110 g/mol. The molecule has 1 aliphatic heterocycles. The zero-order chi connectivity index (χ0) is 5.11. The van der Waals surface area contributed by atoms with Crippen LogP contribution in [0.1, 0.15) is 26.2 Å². The minimum atomic E-state index is 0.795. The molecule has 0 aromatic carbocycles. The summed E-state index contributed by atoms with van der Waals surface area (Å²) in [6, 6.07) is 0. The second kappa shape index (κ2) is 2.65. The normalized spacial score (nSPS) is 18.7. The predicted molar refractivity (Wildman–Crippen MR) is 35.1 cm³/mol. The molecule has 0 saturated heterocycles. The van der Waals surface area contributed by atoms with E-state index in [9.17, 15) is 0 Å². The van der Waals surface area contributed by atoms with E-state index in [2.05, 4.69) is 6.92 Å². The van der Waals surface area contributed by atoms with Crippen molar-refractivity contribution in [2.45, 2.75) is 31.5 Å². The summed E-state index contributed by atoms with van der Waals surface area (Å²) >= 11 is 0.795. The number of hydrogen-bond acceptors (Lipinski definition) is 0. The predicted octanol–water partition coefficient (Wildman–Crippen LogP) is 1.49. The maximum absolute atomic E-state index is 2.29. The van der Waals surface area contributed by atoms with Crippen molar-refractivity contribution in [3.63, 3.8) is 0 Å². The standard InChI is InChI=1S/C6H11.Al/c1-3-5-6-4-2;/h1,3-5H2,2H3;. The molecule has 0 saturated carbocycles. The molecule has 1 heterocycles. The van der Waals surface area contributed by atoms with Crippen LogP contribution in [0.4, 0.5) is 0 Å². The third-order valence-corrected chi connectivity index (χ3v) is 3.56. The van der Waals surface area contributed by atoms with Crippen LogP contribution in [0.3, 0.4) is 0 Å². The molecule has 1 rings (SSSR count). The zero-order valence-electron chi connectivity index (χ0n) is 4.91. The van der Waals surface area contributed by atoms with Crippen LogP contribution in [0.15, 0.2) is 0 Å². The van der Waals surface area contributed by atoms with Crippen molar-refractivity contribution in [1.29, 1.82) is 0 Å². The van der Waals surface area contributed by atoms with E-state index in [1.54, 1.807) is 5.28 Å². The first-order valence-electron chi connectivity index (χ1n) is 3.11. The Morgan fingerprint density at radius 3 is 2.86 bits per heavy atom. The molecule has 0 aromatic heterocycles. The molecule has 0 nitrogen and oxygen atoms in total. The summed E-state index contributed by atoms with van der Waals surface area (Å²) in [6.45, 7) is 2.29. The first-order chi connectivity index (χ1) is 3.43. The van der Waals surface area contributed by atoms with Crippen LogP contribution in [0, 0.1) is 0 Å². The summed E-state index contributed by atoms with van der Waals surface area (Å²) in [6.07, 6.45) is 4.33. The van der Waals surface area contributed by atoms with Gasteiger partial charge in [0.2, 0.25) is 0 Å². The van der Waals surface area contributed by atoms with Crippen LogP contribution in [-0.4, -0.2) is 19.2 Å². The Labute approximate surface area is 51.2 Å². The summed E-state index contributed by atoms with van der Waals surface area (Å²) in [4.78, 5) is 0. The SMILES string of the molecule is CC[C]1=[Al][CH2]CC1. The van der Waals surface area contributed by atoms with Gasteiger partial charge in [-0.1, -0.05) is 0 Å². The topological polar surface area (TPSA) is 0 Å². The molecule has 1 heteroatoms. The van der Waals surface area contributed by atoms with E-state index in [1.807, 2.05) is 4.38 Å². The molecule has 0 N–H and O–H groups in total. The van der Waals surface area contributed by atoms with Crippen molar-refractivity contribution < 1.29 is 0 Å². The van der Waals surface area contributed by atoms with Crippen LogP contribution in [-0.2, 0) is 0 Å². The van der Waals surface area contributed by atoms with Gasteiger partial charge in [-0.25, -0.2) is 0 Å². The molecule has 0 fully saturated rings. The van der Waals surface area contributed by atoms with Gasteiger partial charge in [0.15, 0.2) is 0 Å². The molecule has 0 unspecified atom stereocenters. The summed E-state index contributed by atoms with van der Waals surface area (Å²) < 4.78 is 1.88. The van der Waals surface area contributed by atoms with Crippen molar-refractivity contribution in [3.05, 3.63) is 0 Å². The van der Waals surface area contributed by atoms with E-state index >= 15 is 0 Å². The Bertz CT molecular complexity index is 84.2. The zero-order valence-corrected chi connectivity index (χ0v) is 6.06. The van der Waals surface area contributed by atoms with Crippen LogP contribution in [0.2, 0.25) is 5.28 Å². The third-order valence-electron chi connectivity index (χ3n) is 1.59. The Hall–Kier alpha value is 0.402. The van der Waals surface area contributed by atoms with E-state index < -0.39 is 0 Å². The van der Waals surface area contributed by atoms with Crippen molar-refractivity contribution in [3.8, 4) is 0 Å². The molecular weight excluding hydrogens is 99.0 g/mol.